The molecule has 0 aromatic carbocycles. The standard InChI is InChI=1S/C16H25N5O4S/c1-4-5-24-11-10(22)8(6-26)25-15(11)21-12(7(2)3)18-9-13(21)19-16(17)20-14(9)23/h7-8,10-11,15,22,26H,4-6H2,1-3H3,(H3,17,19,20,23)/t8-,10-,11-,15-/m1/s1. The molecule has 9 nitrogen and oxygen atoms in total. The zero-order chi connectivity index (χ0) is 19.0. The van der Waals surface area contributed by atoms with E-state index in [4.69, 9.17) is 15.2 Å². The molecule has 0 unspecified atom stereocenters. The molecule has 1 aliphatic heterocycles. The Kier molecular flexibility index (Phi) is 5.56. The molecule has 4 N–H and O–H groups in total. The number of aliphatic hydroxyl groups excluding tert-OH is 1. The van der Waals surface area contributed by atoms with Gasteiger partial charge in [0.1, 0.15) is 18.0 Å². The number of anilines is 1. The van der Waals surface area contributed by atoms with Crippen molar-refractivity contribution in [2.45, 2.75) is 57.6 Å². The highest BCUT2D eigenvalue weighted by atomic mass is 32.1. The van der Waals surface area contributed by atoms with Crippen molar-refractivity contribution in [3.8, 4) is 0 Å². The molecule has 144 valence electrons. The second-order valence-corrected chi connectivity index (χ2v) is 7.06. The lowest BCUT2D eigenvalue weighted by atomic mass is 10.1. The number of imidazole rings is 1. The van der Waals surface area contributed by atoms with E-state index in [0.717, 1.165) is 6.42 Å². The third-order valence-corrected chi connectivity index (χ3v) is 4.73. The lowest BCUT2D eigenvalue weighted by molar-refractivity contribution is -0.0667. The number of H-pyrrole nitrogens is 1. The number of ether oxygens (including phenoxy) is 2. The Morgan fingerprint density at radius 2 is 2.19 bits per heavy atom. The summed E-state index contributed by atoms with van der Waals surface area (Å²) >= 11 is 4.26. The number of aromatic nitrogens is 4. The second kappa shape index (κ2) is 7.55. The van der Waals surface area contributed by atoms with Crippen LogP contribution in [-0.2, 0) is 9.47 Å². The van der Waals surface area contributed by atoms with Crippen LogP contribution in [0.5, 0.6) is 0 Å². The van der Waals surface area contributed by atoms with Gasteiger partial charge in [-0.2, -0.15) is 17.6 Å². The second-order valence-electron chi connectivity index (χ2n) is 6.69. The van der Waals surface area contributed by atoms with E-state index in [-0.39, 0.29) is 17.4 Å². The maximum Gasteiger partial charge on any atom is 0.280 e. The molecule has 1 fully saturated rings. The van der Waals surface area contributed by atoms with E-state index in [2.05, 4.69) is 27.6 Å². The lowest BCUT2D eigenvalue weighted by Crippen LogP contribution is -2.35. The first-order chi connectivity index (χ1) is 12.4. The molecule has 0 saturated carbocycles. The van der Waals surface area contributed by atoms with Crippen LogP contribution < -0.4 is 11.3 Å². The third-order valence-electron chi connectivity index (χ3n) is 4.37. The monoisotopic (exact) mass is 383 g/mol. The highest BCUT2D eigenvalue weighted by Crippen LogP contribution is 2.36. The molecule has 26 heavy (non-hydrogen) atoms. The number of nitrogens with two attached hydrogens (primary N) is 1. The van der Waals surface area contributed by atoms with Gasteiger partial charge < -0.3 is 20.3 Å². The fraction of sp³-hybridized carbons (Fsp3) is 0.688. The van der Waals surface area contributed by atoms with E-state index in [1.807, 2.05) is 20.8 Å². The molecule has 1 aliphatic rings. The van der Waals surface area contributed by atoms with Crippen LogP contribution >= 0.6 is 12.6 Å². The molecule has 0 radical (unpaired) electrons. The first-order valence-corrected chi connectivity index (χ1v) is 9.35. The van der Waals surface area contributed by atoms with Crippen molar-refractivity contribution in [3.63, 3.8) is 0 Å². The fourth-order valence-electron chi connectivity index (χ4n) is 3.19. The summed E-state index contributed by atoms with van der Waals surface area (Å²) in [5, 5.41) is 10.6. The Morgan fingerprint density at radius 3 is 2.81 bits per heavy atom. The maximum atomic E-state index is 12.3. The van der Waals surface area contributed by atoms with Crippen molar-refractivity contribution >= 4 is 29.7 Å². The van der Waals surface area contributed by atoms with Gasteiger partial charge in [0.05, 0.1) is 6.10 Å². The predicted molar refractivity (Wildman–Crippen MR) is 100 cm³/mol. The number of nitrogens with zero attached hydrogens (tertiary/aromatic N) is 3. The molecule has 0 aliphatic carbocycles. The number of hydrogen-bond donors (Lipinski definition) is 4. The van der Waals surface area contributed by atoms with E-state index in [1.165, 1.54) is 0 Å². The maximum absolute atomic E-state index is 12.3. The van der Waals surface area contributed by atoms with Crippen molar-refractivity contribution in [2.75, 3.05) is 18.1 Å². The van der Waals surface area contributed by atoms with Gasteiger partial charge in [-0.15, -0.1) is 0 Å². The van der Waals surface area contributed by atoms with Gasteiger partial charge in [0, 0.05) is 18.3 Å². The summed E-state index contributed by atoms with van der Waals surface area (Å²) in [6, 6.07) is 0. The molecule has 4 atom stereocenters. The smallest absolute Gasteiger partial charge is 0.280 e. The van der Waals surface area contributed by atoms with Gasteiger partial charge >= 0.3 is 0 Å². The van der Waals surface area contributed by atoms with Crippen LogP contribution in [-0.4, -0.2) is 55.3 Å². The Bertz CT molecular complexity index is 836. The molecule has 0 amide bonds. The Labute approximate surface area is 156 Å². The van der Waals surface area contributed by atoms with Gasteiger partial charge in [-0.3, -0.25) is 14.3 Å². The van der Waals surface area contributed by atoms with Crippen molar-refractivity contribution in [1.29, 1.82) is 0 Å². The number of nitrogens with one attached hydrogen (secondary N) is 1. The molecule has 2 aromatic rings. The van der Waals surface area contributed by atoms with Crippen LogP contribution in [0.15, 0.2) is 4.79 Å². The molecule has 10 heteroatoms. The van der Waals surface area contributed by atoms with E-state index >= 15 is 0 Å². The van der Waals surface area contributed by atoms with Crippen molar-refractivity contribution in [2.24, 2.45) is 0 Å². The van der Waals surface area contributed by atoms with Crippen molar-refractivity contribution < 1.29 is 14.6 Å². The first-order valence-electron chi connectivity index (χ1n) is 8.72. The largest absolute Gasteiger partial charge is 0.387 e. The minimum absolute atomic E-state index is 0.00530. The SMILES string of the molecule is CCCO[C@@H]1[C@H](O)[C@@H](CS)O[C@H]1n1c(C(C)C)nc2c(=O)[nH]c(N)nc21. The minimum atomic E-state index is -0.846. The highest BCUT2D eigenvalue weighted by molar-refractivity contribution is 7.80. The summed E-state index contributed by atoms with van der Waals surface area (Å²) in [7, 11) is 0. The summed E-state index contributed by atoms with van der Waals surface area (Å²) in [5.41, 5.74) is 5.82. The number of aromatic amines is 1. The summed E-state index contributed by atoms with van der Waals surface area (Å²) in [5.74, 6) is 0.941. The van der Waals surface area contributed by atoms with E-state index < -0.39 is 30.1 Å². The molecule has 1 saturated heterocycles. The molecular weight excluding hydrogens is 358 g/mol. The average Bonchev–Trinajstić information content (AvgIpc) is 3.11. The average molecular weight is 383 g/mol. The number of nitrogen functional groups attached to an aromatic ring is 1. The van der Waals surface area contributed by atoms with Gasteiger partial charge in [0.25, 0.3) is 5.56 Å². The van der Waals surface area contributed by atoms with Gasteiger partial charge in [0.2, 0.25) is 5.95 Å². The number of hydrogen-bond acceptors (Lipinski definition) is 8. The summed E-state index contributed by atoms with van der Waals surface area (Å²) in [4.78, 5) is 23.4. The predicted octanol–water partition coefficient (Wildman–Crippen LogP) is 0.808. The van der Waals surface area contributed by atoms with E-state index in [1.54, 1.807) is 4.57 Å². The first kappa shape index (κ1) is 19.2. The van der Waals surface area contributed by atoms with Crippen LogP contribution in [0.25, 0.3) is 11.2 Å². The van der Waals surface area contributed by atoms with Gasteiger partial charge in [-0.25, -0.2) is 4.98 Å². The summed E-state index contributed by atoms with van der Waals surface area (Å²) < 4.78 is 13.6. The fourth-order valence-corrected chi connectivity index (χ4v) is 3.49. The molecular formula is C16H25N5O4S. The van der Waals surface area contributed by atoms with Crippen LogP contribution in [0.3, 0.4) is 0 Å². The highest BCUT2D eigenvalue weighted by Gasteiger charge is 2.46. The van der Waals surface area contributed by atoms with Gasteiger partial charge in [-0.05, 0) is 6.42 Å². The van der Waals surface area contributed by atoms with E-state index in [9.17, 15) is 9.90 Å². The summed E-state index contributed by atoms with van der Waals surface area (Å²) in [6.45, 7) is 6.37. The summed E-state index contributed by atoms with van der Waals surface area (Å²) in [6.07, 6.45) is -1.84. The number of aliphatic hydroxyl groups is 1. The molecule has 3 heterocycles. The number of thiol groups is 1. The zero-order valence-corrected chi connectivity index (χ0v) is 15.9. The van der Waals surface area contributed by atoms with Crippen LogP contribution in [0.1, 0.15) is 45.2 Å². The quantitative estimate of drug-likeness (QED) is 0.543. The number of fused-ring (bicyclic) bond motifs is 1. The minimum Gasteiger partial charge on any atom is -0.387 e. The van der Waals surface area contributed by atoms with Crippen molar-refractivity contribution in [1.82, 2.24) is 19.5 Å². The molecule has 0 spiro atoms. The van der Waals surface area contributed by atoms with E-state index in [0.29, 0.717) is 23.8 Å². The molecule has 3 rings (SSSR count). The third kappa shape index (κ3) is 3.22. The zero-order valence-electron chi connectivity index (χ0n) is 15.0. The lowest BCUT2D eigenvalue weighted by Gasteiger charge is -2.24. The molecule has 2 aromatic heterocycles. The normalized spacial score (nSPS) is 26.2. The van der Waals surface area contributed by atoms with Gasteiger partial charge in [-0.1, -0.05) is 20.8 Å². The topological polar surface area (TPSA) is 128 Å². The van der Waals surface area contributed by atoms with Crippen LogP contribution in [0, 0.1) is 0 Å². The van der Waals surface area contributed by atoms with Crippen molar-refractivity contribution in [3.05, 3.63) is 16.2 Å². The Hall–Kier alpha value is -1.62. The van der Waals surface area contributed by atoms with Gasteiger partial charge in [0.15, 0.2) is 17.4 Å². The van der Waals surface area contributed by atoms with Crippen LogP contribution in [0.4, 0.5) is 5.95 Å². The number of rotatable bonds is 6. The molecule has 0 bridgehead atoms. The Balaban J connectivity index is 2.18. The Morgan fingerprint density at radius 1 is 1.46 bits per heavy atom. The van der Waals surface area contributed by atoms with Crippen LogP contribution in [0.2, 0.25) is 0 Å².